The molecule has 0 spiro atoms. The molecular weight excluding hydrogens is 316 g/mol. The Morgan fingerprint density at radius 3 is 2.64 bits per heavy atom. The Hall–Kier alpha value is -3.08. The second kappa shape index (κ2) is 6.09. The number of amides is 1. The fourth-order valence-electron chi connectivity index (χ4n) is 3.77. The van der Waals surface area contributed by atoms with Crippen LogP contribution in [0, 0.1) is 5.92 Å². The van der Waals surface area contributed by atoms with Crippen LogP contribution in [0.5, 0.6) is 0 Å². The Morgan fingerprint density at radius 2 is 1.88 bits per heavy atom. The molecule has 0 radical (unpaired) electrons. The van der Waals surface area contributed by atoms with Gasteiger partial charge in [-0.2, -0.15) is 0 Å². The summed E-state index contributed by atoms with van der Waals surface area (Å²) in [5.74, 6) is -1.12. The van der Waals surface area contributed by atoms with Crippen LogP contribution in [-0.2, 0) is 4.79 Å². The lowest BCUT2D eigenvalue weighted by Crippen LogP contribution is -2.42. The molecule has 3 unspecified atom stereocenters. The molecule has 5 heteroatoms. The summed E-state index contributed by atoms with van der Waals surface area (Å²) in [4.78, 5) is 24.4. The van der Waals surface area contributed by atoms with Gasteiger partial charge in [0.2, 0.25) is 0 Å². The number of carboxylic acids is 1. The summed E-state index contributed by atoms with van der Waals surface area (Å²) in [6, 6.07) is 14.1. The molecule has 0 saturated carbocycles. The Kier molecular flexibility index (Phi) is 3.76. The third kappa shape index (κ3) is 2.67. The number of hydrogen-bond donors (Lipinski definition) is 3. The van der Waals surface area contributed by atoms with Crippen LogP contribution in [0.1, 0.15) is 28.3 Å². The first-order valence-corrected chi connectivity index (χ1v) is 8.30. The van der Waals surface area contributed by atoms with Crippen molar-refractivity contribution < 1.29 is 14.7 Å². The molecule has 0 bridgehead atoms. The van der Waals surface area contributed by atoms with E-state index in [1.54, 1.807) is 6.07 Å². The van der Waals surface area contributed by atoms with Gasteiger partial charge in [0, 0.05) is 17.5 Å². The van der Waals surface area contributed by atoms with Gasteiger partial charge in [-0.05, 0) is 30.2 Å². The number of carbonyl (C=O) groups is 2. The molecule has 2 aliphatic rings. The molecule has 5 nitrogen and oxygen atoms in total. The van der Waals surface area contributed by atoms with E-state index in [1.807, 2.05) is 48.5 Å². The number of anilines is 2. The number of aliphatic carboxylic acids is 1. The second-order valence-electron chi connectivity index (χ2n) is 6.40. The summed E-state index contributed by atoms with van der Waals surface area (Å²) in [7, 11) is 0. The van der Waals surface area contributed by atoms with Crippen molar-refractivity contribution in [2.24, 2.45) is 5.92 Å². The third-order valence-electron chi connectivity index (χ3n) is 4.94. The fourth-order valence-corrected chi connectivity index (χ4v) is 3.77. The average Bonchev–Trinajstić information content (AvgIpc) is 3.11. The average molecular weight is 334 g/mol. The molecule has 3 N–H and O–H groups in total. The van der Waals surface area contributed by atoms with Crippen molar-refractivity contribution in [3.63, 3.8) is 0 Å². The van der Waals surface area contributed by atoms with Crippen LogP contribution in [-0.4, -0.2) is 23.0 Å². The third-order valence-corrected chi connectivity index (χ3v) is 4.94. The van der Waals surface area contributed by atoms with E-state index in [2.05, 4.69) is 16.7 Å². The molecule has 2 aromatic rings. The summed E-state index contributed by atoms with van der Waals surface area (Å²) in [5, 5.41) is 15.6. The predicted molar refractivity (Wildman–Crippen MR) is 95.9 cm³/mol. The van der Waals surface area contributed by atoms with Crippen LogP contribution in [0.25, 0.3) is 0 Å². The summed E-state index contributed by atoms with van der Waals surface area (Å²) in [6.07, 6.45) is 4.81. The summed E-state index contributed by atoms with van der Waals surface area (Å²) >= 11 is 0. The van der Waals surface area contributed by atoms with E-state index in [-0.39, 0.29) is 17.7 Å². The minimum atomic E-state index is -0.886. The van der Waals surface area contributed by atoms with Gasteiger partial charge in [-0.25, -0.2) is 4.79 Å². The number of benzene rings is 2. The lowest BCUT2D eigenvalue weighted by molar-refractivity contribution is -0.139. The molecule has 1 amide bonds. The molecule has 2 aromatic carbocycles. The minimum Gasteiger partial charge on any atom is -0.480 e. The standard InChI is InChI=1S/C20H18N2O3/c23-19(21-12-6-2-1-3-7-12)16-11-5-9-14-13-8-4-10-15(13)18(20(24)25)22-17(14)16/h1-9,11,13,15,18,22H,10H2,(H,21,23)(H,24,25). The zero-order valence-electron chi connectivity index (χ0n) is 13.5. The summed E-state index contributed by atoms with van der Waals surface area (Å²) in [5.41, 5.74) is 2.77. The van der Waals surface area contributed by atoms with E-state index >= 15 is 0 Å². The van der Waals surface area contributed by atoms with E-state index in [4.69, 9.17) is 0 Å². The normalized spacial score (nSPS) is 23.3. The zero-order valence-corrected chi connectivity index (χ0v) is 13.5. The maximum Gasteiger partial charge on any atom is 0.326 e. The number of carboxylic acid groups (broad SMARTS) is 1. The Morgan fingerprint density at radius 1 is 1.08 bits per heavy atom. The van der Waals surface area contributed by atoms with E-state index < -0.39 is 12.0 Å². The smallest absolute Gasteiger partial charge is 0.326 e. The molecule has 1 heterocycles. The van der Waals surface area contributed by atoms with Crippen molar-refractivity contribution >= 4 is 23.3 Å². The van der Waals surface area contributed by atoms with Gasteiger partial charge in [-0.1, -0.05) is 42.5 Å². The van der Waals surface area contributed by atoms with Crippen molar-refractivity contribution in [2.45, 2.75) is 18.4 Å². The highest BCUT2D eigenvalue weighted by atomic mass is 16.4. The molecular formula is C20H18N2O3. The lowest BCUT2D eigenvalue weighted by atomic mass is 9.78. The number of allylic oxidation sites excluding steroid dienone is 2. The van der Waals surface area contributed by atoms with Gasteiger partial charge in [-0.3, -0.25) is 4.79 Å². The summed E-state index contributed by atoms with van der Waals surface area (Å²) in [6.45, 7) is 0. The number of hydrogen-bond acceptors (Lipinski definition) is 3. The van der Waals surface area contributed by atoms with Crippen LogP contribution in [0.2, 0.25) is 0 Å². The molecule has 0 saturated heterocycles. The van der Waals surface area contributed by atoms with E-state index in [1.165, 1.54) is 0 Å². The van der Waals surface area contributed by atoms with E-state index in [0.29, 0.717) is 16.9 Å². The molecule has 0 fully saturated rings. The molecule has 0 aromatic heterocycles. The second-order valence-corrected chi connectivity index (χ2v) is 6.40. The minimum absolute atomic E-state index is 0.0163. The van der Waals surface area contributed by atoms with Crippen LogP contribution < -0.4 is 10.6 Å². The predicted octanol–water partition coefficient (Wildman–Crippen LogP) is 3.48. The molecule has 1 aliphatic carbocycles. The number of rotatable bonds is 3. The highest BCUT2D eigenvalue weighted by molar-refractivity contribution is 6.09. The first-order chi connectivity index (χ1) is 12.1. The largest absolute Gasteiger partial charge is 0.480 e. The van der Waals surface area contributed by atoms with Crippen molar-refractivity contribution in [2.75, 3.05) is 10.6 Å². The van der Waals surface area contributed by atoms with Gasteiger partial charge < -0.3 is 15.7 Å². The van der Waals surface area contributed by atoms with Gasteiger partial charge in [0.05, 0.1) is 11.3 Å². The monoisotopic (exact) mass is 334 g/mol. The van der Waals surface area contributed by atoms with Gasteiger partial charge >= 0.3 is 5.97 Å². The van der Waals surface area contributed by atoms with Crippen LogP contribution >= 0.6 is 0 Å². The highest BCUT2D eigenvalue weighted by Crippen LogP contribution is 2.45. The first kappa shape index (κ1) is 15.4. The number of para-hydroxylation sites is 2. The Balaban J connectivity index is 1.72. The summed E-state index contributed by atoms with van der Waals surface area (Å²) < 4.78 is 0. The van der Waals surface area contributed by atoms with Crippen LogP contribution in [0.3, 0.4) is 0 Å². The van der Waals surface area contributed by atoms with Gasteiger partial charge in [0.25, 0.3) is 5.91 Å². The van der Waals surface area contributed by atoms with Crippen molar-refractivity contribution in [3.8, 4) is 0 Å². The molecule has 1 aliphatic heterocycles. The molecule has 4 rings (SSSR count). The van der Waals surface area contributed by atoms with Crippen LogP contribution in [0.15, 0.2) is 60.7 Å². The lowest BCUT2D eigenvalue weighted by Gasteiger charge is -2.35. The first-order valence-electron chi connectivity index (χ1n) is 8.30. The number of nitrogens with one attached hydrogen (secondary N) is 2. The zero-order chi connectivity index (χ0) is 17.4. The Bertz CT molecular complexity index is 860. The van der Waals surface area contributed by atoms with E-state index in [9.17, 15) is 14.7 Å². The fraction of sp³-hybridized carbons (Fsp3) is 0.200. The van der Waals surface area contributed by atoms with Crippen molar-refractivity contribution in [1.29, 1.82) is 0 Å². The molecule has 126 valence electrons. The van der Waals surface area contributed by atoms with Gasteiger partial charge in [-0.15, -0.1) is 0 Å². The molecule has 3 atom stereocenters. The maximum atomic E-state index is 12.7. The van der Waals surface area contributed by atoms with E-state index in [0.717, 1.165) is 12.0 Å². The molecule has 25 heavy (non-hydrogen) atoms. The number of carbonyl (C=O) groups excluding carboxylic acids is 1. The van der Waals surface area contributed by atoms with Crippen molar-refractivity contribution in [1.82, 2.24) is 0 Å². The SMILES string of the molecule is O=C(Nc1ccccc1)c1cccc2c1NC(C(=O)O)C1CC=CC21. The van der Waals surface area contributed by atoms with Gasteiger partial charge in [0.15, 0.2) is 0 Å². The quantitative estimate of drug-likeness (QED) is 0.751. The highest BCUT2D eigenvalue weighted by Gasteiger charge is 2.41. The van der Waals surface area contributed by atoms with Gasteiger partial charge in [0.1, 0.15) is 6.04 Å². The van der Waals surface area contributed by atoms with Crippen molar-refractivity contribution in [3.05, 3.63) is 71.8 Å². The van der Waals surface area contributed by atoms with Crippen LogP contribution in [0.4, 0.5) is 11.4 Å². The number of fused-ring (bicyclic) bond motifs is 3. The maximum absolute atomic E-state index is 12.7. The Labute approximate surface area is 145 Å². The topological polar surface area (TPSA) is 78.4 Å².